The van der Waals surface area contributed by atoms with Crippen LogP contribution in [-0.2, 0) is 12.0 Å². The second kappa shape index (κ2) is 9.21. The molecule has 0 heterocycles. The van der Waals surface area contributed by atoms with E-state index < -0.39 is 5.60 Å². The molecule has 0 aliphatic heterocycles. The molecule has 1 aliphatic rings. The molecular weight excluding hydrogens is 517 g/mol. The Balaban J connectivity index is 0.00000259. The lowest BCUT2D eigenvalue weighted by molar-refractivity contribution is -0.908. The van der Waals surface area contributed by atoms with Crippen molar-refractivity contribution >= 4 is 10.8 Å². The lowest BCUT2D eigenvalue weighted by Gasteiger charge is -2.49. The fourth-order valence-electron chi connectivity index (χ4n) is 5.99. The molecule has 0 saturated carbocycles. The van der Waals surface area contributed by atoms with Crippen LogP contribution >= 0.6 is 0 Å². The van der Waals surface area contributed by atoms with E-state index in [1.165, 1.54) is 16.5 Å². The van der Waals surface area contributed by atoms with Crippen molar-refractivity contribution in [1.29, 1.82) is 0 Å². The minimum atomic E-state index is -1.08. The fraction of sp³-hybridized carbons (Fsp3) is 0.267. The number of hydrogen-bond donors (Lipinski definition) is 1. The first-order valence-corrected chi connectivity index (χ1v) is 11.6. The monoisotopic (exact) mass is 549 g/mol. The van der Waals surface area contributed by atoms with Crippen molar-refractivity contribution in [3.63, 3.8) is 0 Å². The third-order valence-corrected chi connectivity index (χ3v) is 7.25. The molecule has 0 saturated heterocycles. The SMILES string of the molecule is C[N+](C)(C)[C@@H](c1ccccc1)[C@@H]1CCc2ccccc2[C@@]1(O)c1cccc2ccccc12.[I-]. The Bertz CT molecular complexity index is 1240. The van der Waals surface area contributed by atoms with Crippen molar-refractivity contribution in [2.45, 2.75) is 24.5 Å². The highest BCUT2D eigenvalue weighted by atomic mass is 127. The number of quaternary nitrogens is 1. The number of fused-ring (bicyclic) bond motifs is 2. The summed E-state index contributed by atoms with van der Waals surface area (Å²) in [5.41, 5.74) is 3.53. The highest BCUT2D eigenvalue weighted by Crippen LogP contribution is 2.53. The molecule has 5 rings (SSSR count). The van der Waals surface area contributed by atoms with Crippen LogP contribution in [0.3, 0.4) is 0 Å². The molecule has 0 aromatic heterocycles. The van der Waals surface area contributed by atoms with Crippen molar-refractivity contribution in [2.24, 2.45) is 5.92 Å². The van der Waals surface area contributed by atoms with Gasteiger partial charge in [-0.15, -0.1) is 0 Å². The Kier molecular flexibility index (Phi) is 6.68. The molecule has 0 spiro atoms. The van der Waals surface area contributed by atoms with Gasteiger partial charge < -0.3 is 33.6 Å². The lowest BCUT2D eigenvalue weighted by atomic mass is 9.63. The van der Waals surface area contributed by atoms with Gasteiger partial charge in [0.1, 0.15) is 11.6 Å². The van der Waals surface area contributed by atoms with E-state index in [4.69, 9.17) is 0 Å². The van der Waals surface area contributed by atoms with Gasteiger partial charge >= 0.3 is 0 Å². The minimum Gasteiger partial charge on any atom is -1.00 e. The molecule has 1 N–H and O–H groups in total. The summed E-state index contributed by atoms with van der Waals surface area (Å²) in [6.07, 6.45) is 1.92. The van der Waals surface area contributed by atoms with Crippen molar-refractivity contribution in [3.8, 4) is 0 Å². The fourth-order valence-corrected chi connectivity index (χ4v) is 5.99. The van der Waals surface area contributed by atoms with Gasteiger partial charge in [0.05, 0.1) is 27.1 Å². The molecular formula is C30H32INO. The second-order valence-electron chi connectivity index (χ2n) is 10.1. The van der Waals surface area contributed by atoms with Gasteiger partial charge in [-0.05, 0) is 40.3 Å². The maximum absolute atomic E-state index is 12.9. The predicted molar refractivity (Wildman–Crippen MR) is 132 cm³/mol. The van der Waals surface area contributed by atoms with E-state index in [0.29, 0.717) is 0 Å². The number of rotatable bonds is 4. The molecule has 0 radical (unpaired) electrons. The maximum atomic E-state index is 12.9. The van der Waals surface area contributed by atoms with Crippen LogP contribution in [0.2, 0.25) is 0 Å². The Hall–Kier alpha value is -2.21. The molecule has 3 heteroatoms. The molecule has 0 unspecified atom stereocenters. The molecule has 1 aliphatic carbocycles. The largest absolute Gasteiger partial charge is 1.00 e. The number of nitrogens with zero attached hydrogens (tertiary/aromatic N) is 1. The van der Waals surface area contributed by atoms with E-state index in [-0.39, 0.29) is 35.9 Å². The van der Waals surface area contributed by atoms with Crippen LogP contribution in [0.5, 0.6) is 0 Å². The predicted octanol–water partition coefficient (Wildman–Crippen LogP) is 3.09. The smallest absolute Gasteiger partial charge is 0.124 e. The van der Waals surface area contributed by atoms with Gasteiger partial charge in [-0.3, -0.25) is 0 Å². The van der Waals surface area contributed by atoms with Gasteiger partial charge in [-0.25, -0.2) is 0 Å². The Labute approximate surface area is 214 Å². The third-order valence-electron chi connectivity index (χ3n) is 7.25. The van der Waals surface area contributed by atoms with E-state index in [1.807, 2.05) is 0 Å². The zero-order chi connectivity index (χ0) is 22.3. The van der Waals surface area contributed by atoms with E-state index in [1.54, 1.807) is 0 Å². The number of halogens is 1. The van der Waals surface area contributed by atoms with Crippen LogP contribution in [0.25, 0.3) is 10.8 Å². The highest BCUT2D eigenvalue weighted by Gasteiger charge is 2.52. The molecule has 170 valence electrons. The van der Waals surface area contributed by atoms with Gasteiger partial charge in [0.15, 0.2) is 0 Å². The van der Waals surface area contributed by atoms with Gasteiger partial charge in [0, 0.05) is 5.56 Å². The highest BCUT2D eigenvalue weighted by molar-refractivity contribution is 5.87. The van der Waals surface area contributed by atoms with Crippen molar-refractivity contribution < 1.29 is 33.6 Å². The van der Waals surface area contributed by atoms with E-state index >= 15 is 0 Å². The van der Waals surface area contributed by atoms with Crippen molar-refractivity contribution in [3.05, 3.63) is 119 Å². The molecule has 4 aromatic carbocycles. The quantitative estimate of drug-likeness (QED) is 0.307. The first kappa shape index (κ1) is 23.9. The van der Waals surface area contributed by atoms with Crippen LogP contribution in [0.1, 0.15) is 34.7 Å². The van der Waals surface area contributed by atoms with Crippen molar-refractivity contribution in [1.82, 2.24) is 0 Å². The first-order chi connectivity index (χ1) is 15.4. The Morgan fingerprint density at radius 1 is 0.758 bits per heavy atom. The number of hydrogen-bond acceptors (Lipinski definition) is 1. The Morgan fingerprint density at radius 3 is 2.12 bits per heavy atom. The number of aryl methyl sites for hydroxylation is 1. The summed E-state index contributed by atoms with van der Waals surface area (Å²) in [6, 6.07) is 34.2. The van der Waals surface area contributed by atoms with Crippen molar-refractivity contribution in [2.75, 3.05) is 21.1 Å². The molecule has 3 atom stereocenters. The molecule has 0 amide bonds. The first-order valence-electron chi connectivity index (χ1n) is 11.6. The second-order valence-corrected chi connectivity index (χ2v) is 10.1. The standard InChI is InChI=1S/C30H32NO.HI/c1-31(2,3)29(24-14-5-4-6-15-24)28-21-20-23-13-8-10-18-26(23)30(28,32)27-19-11-16-22-12-7-9-17-25(22)27;/h4-19,28-29,32H,20-21H2,1-3H3;1H/q+1;/p-1/t28-,29-,30+;/m0./s1. The number of aliphatic hydroxyl groups is 1. The summed E-state index contributed by atoms with van der Waals surface area (Å²) >= 11 is 0. The summed E-state index contributed by atoms with van der Waals surface area (Å²) in [7, 11) is 6.76. The van der Waals surface area contributed by atoms with Crippen LogP contribution in [-0.4, -0.2) is 30.7 Å². The van der Waals surface area contributed by atoms with E-state index in [2.05, 4.69) is 118 Å². The zero-order valence-electron chi connectivity index (χ0n) is 19.6. The molecule has 33 heavy (non-hydrogen) atoms. The van der Waals surface area contributed by atoms with Crippen LogP contribution < -0.4 is 24.0 Å². The van der Waals surface area contributed by atoms with Gasteiger partial charge in [0.2, 0.25) is 0 Å². The average Bonchev–Trinajstić information content (AvgIpc) is 2.80. The van der Waals surface area contributed by atoms with Crippen LogP contribution in [0.4, 0.5) is 0 Å². The number of benzene rings is 4. The van der Waals surface area contributed by atoms with Crippen LogP contribution in [0, 0.1) is 5.92 Å². The summed E-state index contributed by atoms with van der Waals surface area (Å²) in [5.74, 6) is 0.0330. The molecule has 0 bridgehead atoms. The minimum absolute atomic E-state index is 0. The van der Waals surface area contributed by atoms with Gasteiger partial charge in [-0.2, -0.15) is 0 Å². The van der Waals surface area contributed by atoms with E-state index in [0.717, 1.165) is 33.8 Å². The molecule has 0 fully saturated rings. The van der Waals surface area contributed by atoms with Crippen LogP contribution in [0.15, 0.2) is 97.1 Å². The summed E-state index contributed by atoms with van der Waals surface area (Å²) in [4.78, 5) is 0. The van der Waals surface area contributed by atoms with E-state index in [9.17, 15) is 5.11 Å². The third kappa shape index (κ3) is 4.11. The zero-order valence-corrected chi connectivity index (χ0v) is 21.7. The Morgan fingerprint density at radius 2 is 1.36 bits per heavy atom. The lowest BCUT2D eigenvalue weighted by Crippen LogP contribution is -3.00. The topological polar surface area (TPSA) is 20.2 Å². The van der Waals surface area contributed by atoms with Gasteiger partial charge in [0.25, 0.3) is 0 Å². The van der Waals surface area contributed by atoms with Gasteiger partial charge in [-0.1, -0.05) is 97.1 Å². The summed E-state index contributed by atoms with van der Waals surface area (Å²) in [5, 5.41) is 15.2. The molecule has 4 aromatic rings. The molecule has 2 nitrogen and oxygen atoms in total. The maximum Gasteiger partial charge on any atom is 0.124 e. The normalized spacial score (nSPS) is 21.2. The average molecular weight is 549 g/mol. The summed E-state index contributed by atoms with van der Waals surface area (Å²) < 4.78 is 0.754. The summed E-state index contributed by atoms with van der Waals surface area (Å²) in [6.45, 7) is 0.